The highest BCUT2D eigenvalue weighted by molar-refractivity contribution is 8.02. The van der Waals surface area contributed by atoms with Crippen molar-refractivity contribution in [3.05, 3.63) is 130 Å². The van der Waals surface area contributed by atoms with Crippen LogP contribution >= 0.6 is 0 Å². The fraction of sp³-hybridized carbons (Fsp3) is 0.100. The van der Waals surface area contributed by atoms with Crippen molar-refractivity contribution in [3.63, 3.8) is 0 Å². The van der Waals surface area contributed by atoms with E-state index in [1.807, 2.05) is 0 Å². The first-order valence-electron chi connectivity index (χ1n) is 16.7. The lowest BCUT2D eigenvalue weighted by atomic mass is 10.0. The molecule has 14 heteroatoms. The number of fused-ring (bicyclic) bond motifs is 3. The normalized spacial score (nSPS) is 17.5. The summed E-state index contributed by atoms with van der Waals surface area (Å²) in [5, 5.41) is 18.6. The minimum Gasteiger partial charge on any atom is -0.481 e. The summed E-state index contributed by atoms with van der Waals surface area (Å²) >= 11 is 0. The van der Waals surface area contributed by atoms with Gasteiger partial charge in [0, 0.05) is 34.7 Å². The van der Waals surface area contributed by atoms with Gasteiger partial charge in [-0.3, -0.25) is 19.2 Å². The highest BCUT2D eigenvalue weighted by atomic mass is 32.2. The molecule has 0 spiro atoms. The van der Waals surface area contributed by atoms with Crippen molar-refractivity contribution in [2.24, 2.45) is 0 Å². The van der Waals surface area contributed by atoms with Crippen molar-refractivity contribution in [2.75, 3.05) is 0 Å². The minimum atomic E-state index is -4.45. The van der Waals surface area contributed by atoms with E-state index in [1.165, 1.54) is 36.4 Å². The van der Waals surface area contributed by atoms with Crippen LogP contribution in [0.1, 0.15) is 44.7 Å². The Bertz CT molecular complexity index is 2820. The molecule has 0 saturated heterocycles. The number of aromatic amines is 2. The maximum absolute atomic E-state index is 14.3. The predicted octanol–water partition coefficient (Wildman–Crippen LogP) is 4.42. The molecule has 0 bridgehead atoms. The number of carbonyl (C=O) groups is 4. The number of aromatic nitrogens is 2. The molecule has 54 heavy (non-hydrogen) atoms. The number of aryl methyl sites for hydroxylation is 2. The van der Waals surface area contributed by atoms with Gasteiger partial charge in [-0.15, -0.1) is 0 Å². The highest BCUT2D eigenvalue weighted by Crippen LogP contribution is 2.39. The smallest absolute Gasteiger partial charge is 0.303 e. The number of hydrogen-bond donors (Lipinski definition) is 4. The van der Waals surface area contributed by atoms with Crippen molar-refractivity contribution in [3.8, 4) is 22.5 Å². The van der Waals surface area contributed by atoms with Gasteiger partial charge in [0.2, 0.25) is 31.2 Å². The van der Waals surface area contributed by atoms with Crippen LogP contribution in [0.3, 0.4) is 0 Å². The van der Waals surface area contributed by atoms with Crippen LogP contribution in [0.2, 0.25) is 0 Å². The number of hydrogen-bond acceptors (Lipinski definition) is 8. The molecule has 2 aliphatic heterocycles. The highest BCUT2D eigenvalue weighted by Gasteiger charge is 2.43. The maximum Gasteiger partial charge on any atom is 0.303 e. The van der Waals surface area contributed by atoms with E-state index in [1.54, 1.807) is 60.7 Å². The Balaban J connectivity index is 1.57. The number of carboxylic acid groups (broad SMARTS) is 2. The zero-order valence-corrected chi connectivity index (χ0v) is 29.7. The lowest BCUT2D eigenvalue weighted by Crippen LogP contribution is -2.17. The van der Waals surface area contributed by atoms with Gasteiger partial charge in [-0.25, -0.2) is 16.8 Å². The second-order valence-corrected chi connectivity index (χ2v) is 16.7. The molecule has 0 unspecified atom stereocenters. The Hall–Kier alpha value is -6.38. The van der Waals surface area contributed by atoms with E-state index in [0.29, 0.717) is 22.3 Å². The van der Waals surface area contributed by atoms with E-state index in [9.17, 15) is 46.2 Å². The van der Waals surface area contributed by atoms with E-state index in [2.05, 4.69) is 9.97 Å². The Morgan fingerprint density at radius 3 is 1.30 bits per heavy atom. The monoisotopic (exact) mass is 760 g/mol. The van der Waals surface area contributed by atoms with Crippen molar-refractivity contribution in [1.82, 2.24) is 9.97 Å². The van der Waals surface area contributed by atoms with Crippen LogP contribution in [-0.4, -0.2) is 60.5 Å². The molecule has 0 fully saturated rings. The summed E-state index contributed by atoms with van der Waals surface area (Å²) in [4.78, 5) is 55.8. The van der Waals surface area contributed by atoms with Crippen LogP contribution in [0, 0.1) is 0 Å². The van der Waals surface area contributed by atoms with E-state index < -0.39 is 53.0 Å². The van der Waals surface area contributed by atoms with E-state index in [4.69, 9.17) is 0 Å². The fourth-order valence-corrected chi connectivity index (χ4v) is 10.7. The Kier molecular flexibility index (Phi) is 8.12. The molecule has 4 heterocycles. The van der Waals surface area contributed by atoms with Gasteiger partial charge in [0.15, 0.2) is 0 Å². The topological polar surface area (TPSA) is 209 Å². The number of Topliss-reactive ketones (excluding diaryl/α,β-unsaturated/α-hetero) is 2. The second-order valence-electron chi connectivity index (χ2n) is 13.0. The number of H-pyrrole nitrogens is 2. The summed E-state index contributed by atoms with van der Waals surface area (Å²) in [6.45, 7) is 0. The molecule has 270 valence electrons. The van der Waals surface area contributed by atoms with Gasteiger partial charge in [0.25, 0.3) is 0 Å². The predicted molar refractivity (Wildman–Crippen MR) is 197 cm³/mol. The number of sulfone groups is 2. The van der Waals surface area contributed by atoms with Crippen molar-refractivity contribution < 1.29 is 46.2 Å². The number of ketones is 2. The average Bonchev–Trinajstić information content (AvgIpc) is 3.83. The van der Waals surface area contributed by atoms with E-state index >= 15 is 0 Å². The molecular formula is C40H28N2O10S2. The largest absolute Gasteiger partial charge is 0.481 e. The summed E-state index contributed by atoms with van der Waals surface area (Å²) in [5.41, 5.74) is 2.28. The minimum absolute atomic E-state index is 0.0428. The SMILES string of the molecule is O=C(O)CCc1cccc(-c2[nH]c(=C3C(=O)c4ccccc4S3(=O)=O)c3c(-c4cccc(CCC(=O)O)c4)[nH]c(=C4C(=O)c5ccccc5S4(=O)=O)c23)c1. The Labute approximate surface area is 307 Å². The van der Waals surface area contributed by atoms with Gasteiger partial charge in [-0.2, -0.15) is 0 Å². The maximum atomic E-state index is 14.3. The summed E-state index contributed by atoms with van der Waals surface area (Å²) < 4.78 is 57.0. The van der Waals surface area contributed by atoms with Gasteiger partial charge in [0.1, 0.15) is 9.81 Å². The standard InChI is InChI=1S/C40H28N2O10S2/c43-29(44)17-15-21-7-5-9-23(19-21)33-31-32(36(42-33)40-38(48)26-12-2-4-14-28(26)54(40,51)52)34(24-10-6-8-22(20-24)16-18-30(45)46)41-35(31)39-37(47)25-11-1-3-13-27(25)53(39,49)50/h1-14,19-20,41-42H,15-18H2,(H,43,44)(H,45,46). The van der Waals surface area contributed by atoms with E-state index in [-0.39, 0.29) is 79.5 Å². The summed E-state index contributed by atoms with van der Waals surface area (Å²) in [5.74, 6) is -3.61. The summed E-state index contributed by atoms with van der Waals surface area (Å²) in [7, 11) is -8.90. The molecule has 0 saturated carbocycles. The van der Waals surface area contributed by atoms with Gasteiger partial charge in [-0.05, 0) is 71.5 Å². The molecule has 4 N–H and O–H groups in total. The van der Waals surface area contributed by atoms with Crippen molar-refractivity contribution >= 4 is 63.8 Å². The molecular weight excluding hydrogens is 733 g/mol. The quantitative estimate of drug-likeness (QED) is 0.172. The molecule has 0 aliphatic carbocycles. The van der Waals surface area contributed by atoms with Crippen LogP contribution in [0.15, 0.2) is 107 Å². The first-order chi connectivity index (χ1) is 25.8. The molecule has 2 aliphatic rings. The second kappa shape index (κ2) is 12.6. The van der Waals surface area contributed by atoms with Gasteiger partial charge >= 0.3 is 11.9 Å². The summed E-state index contributed by atoms with van der Waals surface area (Å²) in [6.07, 6.45) is -0.0718. The molecule has 0 atom stereocenters. The number of aliphatic carboxylic acids is 2. The lowest BCUT2D eigenvalue weighted by molar-refractivity contribution is -0.138. The summed E-state index contributed by atoms with van der Waals surface area (Å²) in [6, 6.07) is 25.0. The lowest BCUT2D eigenvalue weighted by Gasteiger charge is -2.05. The molecule has 0 radical (unpaired) electrons. The molecule has 6 aromatic rings. The third-order valence-electron chi connectivity index (χ3n) is 9.68. The average molecular weight is 761 g/mol. The fourth-order valence-electron chi connectivity index (χ4n) is 7.27. The first-order valence-corrected chi connectivity index (χ1v) is 19.7. The first kappa shape index (κ1) is 34.7. The molecule has 4 aromatic carbocycles. The van der Waals surface area contributed by atoms with Crippen LogP contribution < -0.4 is 10.7 Å². The number of rotatable bonds is 8. The van der Waals surface area contributed by atoms with Gasteiger partial charge < -0.3 is 20.2 Å². The van der Waals surface area contributed by atoms with Crippen LogP contribution in [0.4, 0.5) is 0 Å². The van der Waals surface area contributed by atoms with E-state index in [0.717, 1.165) is 0 Å². The number of carbonyl (C=O) groups excluding carboxylic acids is 2. The van der Waals surface area contributed by atoms with Gasteiger partial charge in [-0.1, -0.05) is 60.7 Å². The zero-order valence-electron chi connectivity index (χ0n) is 28.0. The van der Waals surface area contributed by atoms with Crippen molar-refractivity contribution in [1.29, 1.82) is 0 Å². The van der Waals surface area contributed by atoms with Gasteiger partial charge in [0.05, 0.1) is 31.9 Å². The number of carboxylic acids is 2. The van der Waals surface area contributed by atoms with Crippen LogP contribution in [0.25, 0.3) is 43.1 Å². The Morgan fingerprint density at radius 1 is 0.537 bits per heavy atom. The van der Waals surface area contributed by atoms with Crippen molar-refractivity contribution in [2.45, 2.75) is 35.5 Å². The van der Waals surface area contributed by atoms with Crippen LogP contribution in [-0.2, 0) is 42.1 Å². The third kappa shape index (κ3) is 5.41. The molecule has 12 nitrogen and oxygen atoms in total. The molecule has 2 aromatic heterocycles. The number of nitrogens with one attached hydrogen (secondary N) is 2. The Morgan fingerprint density at radius 2 is 0.926 bits per heavy atom. The van der Waals surface area contributed by atoms with Crippen LogP contribution in [0.5, 0.6) is 0 Å². The molecule has 8 rings (SSSR count). The number of benzene rings is 4. The third-order valence-corrected chi connectivity index (χ3v) is 13.4. The zero-order chi connectivity index (χ0) is 38.1. The molecule has 0 amide bonds.